The second-order valence-electron chi connectivity index (χ2n) is 6.23. The van der Waals surface area contributed by atoms with E-state index in [0.29, 0.717) is 5.91 Å². The van der Waals surface area contributed by atoms with Gasteiger partial charge in [0.05, 0.1) is 0 Å². The summed E-state index contributed by atoms with van der Waals surface area (Å²) in [6.45, 7) is 8.14. The first-order valence-electron chi connectivity index (χ1n) is 7.02. The van der Waals surface area contributed by atoms with Crippen molar-refractivity contribution in [3.63, 3.8) is 0 Å². The SMILES string of the molecule is CC(C)CN1CCCC2(CCC(=O)N2C)CC1. The van der Waals surface area contributed by atoms with Gasteiger partial charge in [0, 0.05) is 32.1 Å². The quantitative estimate of drug-likeness (QED) is 0.735. The van der Waals surface area contributed by atoms with Crippen molar-refractivity contribution in [2.75, 3.05) is 26.7 Å². The Balaban J connectivity index is 1.98. The minimum atomic E-state index is 0.197. The van der Waals surface area contributed by atoms with Gasteiger partial charge in [-0.1, -0.05) is 13.8 Å². The Morgan fingerprint density at radius 1 is 1.24 bits per heavy atom. The normalized spacial score (nSPS) is 31.5. The van der Waals surface area contributed by atoms with Gasteiger partial charge < -0.3 is 9.80 Å². The first-order valence-corrected chi connectivity index (χ1v) is 7.02. The molecule has 0 N–H and O–H groups in total. The molecule has 1 unspecified atom stereocenters. The van der Waals surface area contributed by atoms with Crippen molar-refractivity contribution in [1.82, 2.24) is 9.80 Å². The zero-order valence-corrected chi connectivity index (χ0v) is 11.5. The van der Waals surface area contributed by atoms with E-state index in [0.717, 1.165) is 25.3 Å². The average Bonchev–Trinajstić information content (AvgIpc) is 2.48. The van der Waals surface area contributed by atoms with Crippen LogP contribution in [0.25, 0.3) is 0 Å². The smallest absolute Gasteiger partial charge is 0.222 e. The van der Waals surface area contributed by atoms with Crippen LogP contribution in [0.5, 0.6) is 0 Å². The molecule has 1 atom stereocenters. The summed E-state index contributed by atoms with van der Waals surface area (Å²) in [6, 6.07) is 0. The van der Waals surface area contributed by atoms with E-state index in [1.807, 2.05) is 11.9 Å². The number of carbonyl (C=O) groups is 1. The molecule has 0 aromatic heterocycles. The fourth-order valence-corrected chi connectivity index (χ4v) is 3.46. The van der Waals surface area contributed by atoms with E-state index in [1.54, 1.807) is 0 Å². The Hall–Kier alpha value is -0.570. The maximum absolute atomic E-state index is 11.7. The third-order valence-electron chi connectivity index (χ3n) is 4.52. The Kier molecular flexibility index (Phi) is 3.76. The van der Waals surface area contributed by atoms with Crippen LogP contribution in [-0.2, 0) is 4.79 Å². The maximum atomic E-state index is 11.7. The molecular weight excluding hydrogens is 212 g/mol. The molecule has 98 valence electrons. The number of carbonyl (C=O) groups excluding carboxylic acids is 1. The topological polar surface area (TPSA) is 23.6 Å². The van der Waals surface area contributed by atoms with Crippen molar-refractivity contribution in [2.24, 2.45) is 5.92 Å². The highest BCUT2D eigenvalue weighted by Gasteiger charge is 2.43. The fraction of sp³-hybridized carbons (Fsp3) is 0.929. The van der Waals surface area contributed by atoms with Crippen LogP contribution in [-0.4, -0.2) is 47.9 Å². The molecule has 2 heterocycles. The molecule has 0 radical (unpaired) electrons. The predicted octanol–water partition coefficient (Wildman–Crippen LogP) is 2.12. The molecule has 0 aliphatic carbocycles. The summed E-state index contributed by atoms with van der Waals surface area (Å²) in [6.07, 6.45) is 5.45. The molecule has 2 aliphatic heterocycles. The molecule has 1 spiro atoms. The molecule has 2 rings (SSSR count). The van der Waals surface area contributed by atoms with Gasteiger partial charge >= 0.3 is 0 Å². The van der Waals surface area contributed by atoms with Gasteiger partial charge in [-0.15, -0.1) is 0 Å². The maximum Gasteiger partial charge on any atom is 0.222 e. The van der Waals surface area contributed by atoms with E-state index in [2.05, 4.69) is 18.7 Å². The molecule has 3 heteroatoms. The van der Waals surface area contributed by atoms with Crippen molar-refractivity contribution < 1.29 is 4.79 Å². The van der Waals surface area contributed by atoms with Crippen LogP contribution in [0.3, 0.4) is 0 Å². The van der Waals surface area contributed by atoms with Gasteiger partial charge in [-0.25, -0.2) is 0 Å². The van der Waals surface area contributed by atoms with Crippen LogP contribution >= 0.6 is 0 Å². The van der Waals surface area contributed by atoms with Gasteiger partial charge in [-0.05, 0) is 38.1 Å². The van der Waals surface area contributed by atoms with Crippen LogP contribution in [0.15, 0.2) is 0 Å². The number of likely N-dealkylation sites (tertiary alicyclic amines) is 2. The first-order chi connectivity index (χ1) is 8.03. The van der Waals surface area contributed by atoms with E-state index in [4.69, 9.17) is 0 Å². The van der Waals surface area contributed by atoms with E-state index in [-0.39, 0.29) is 5.54 Å². The molecular formula is C14H26N2O. The number of hydrogen-bond donors (Lipinski definition) is 0. The molecule has 3 nitrogen and oxygen atoms in total. The highest BCUT2D eigenvalue weighted by molar-refractivity contribution is 5.79. The largest absolute Gasteiger partial charge is 0.340 e. The first kappa shape index (κ1) is 12.9. The van der Waals surface area contributed by atoms with Crippen molar-refractivity contribution in [3.8, 4) is 0 Å². The van der Waals surface area contributed by atoms with Crippen LogP contribution < -0.4 is 0 Å². The Morgan fingerprint density at radius 2 is 2.00 bits per heavy atom. The van der Waals surface area contributed by atoms with Gasteiger partial charge in [-0.2, -0.15) is 0 Å². The van der Waals surface area contributed by atoms with Crippen LogP contribution in [0, 0.1) is 5.92 Å². The van der Waals surface area contributed by atoms with Crippen LogP contribution in [0.1, 0.15) is 46.0 Å². The van der Waals surface area contributed by atoms with Gasteiger partial charge in [-0.3, -0.25) is 4.79 Å². The molecule has 0 aromatic carbocycles. The lowest BCUT2D eigenvalue weighted by Gasteiger charge is -2.35. The summed E-state index contributed by atoms with van der Waals surface area (Å²) in [7, 11) is 2.01. The third kappa shape index (κ3) is 2.65. The van der Waals surface area contributed by atoms with Crippen molar-refractivity contribution in [2.45, 2.75) is 51.5 Å². The van der Waals surface area contributed by atoms with E-state index >= 15 is 0 Å². The predicted molar refractivity (Wildman–Crippen MR) is 69.9 cm³/mol. The summed E-state index contributed by atoms with van der Waals surface area (Å²) in [4.78, 5) is 16.4. The monoisotopic (exact) mass is 238 g/mol. The zero-order valence-electron chi connectivity index (χ0n) is 11.5. The van der Waals surface area contributed by atoms with Crippen LogP contribution in [0.2, 0.25) is 0 Å². The molecule has 2 fully saturated rings. The van der Waals surface area contributed by atoms with E-state index in [9.17, 15) is 4.79 Å². The Bertz CT molecular complexity index is 290. The minimum absolute atomic E-state index is 0.197. The Labute approximate surface area is 105 Å². The van der Waals surface area contributed by atoms with Gasteiger partial charge in [0.25, 0.3) is 0 Å². The lowest BCUT2D eigenvalue weighted by Crippen LogP contribution is -2.43. The second-order valence-corrected chi connectivity index (χ2v) is 6.23. The van der Waals surface area contributed by atoms with E-state index in [1.165, 1.54) is 32.4 Å². The number of rotatable bonds is 2. The lowest BCUT2D eigenvalue weighted by atomic mass is 9.88. The number of hydrogen-bond acceptors (Lipinski definition) is 2. The summed E-state index contributed by atoms with van der Waals surface area (Å²) >= 11 is 0. The molecule has 0 aromatic rings. The highest BCUT2D eigenvalue weighted by Crippen LogP contribution is 2.37. The number of nitrogens with zero attached hydrogens (tertiary/aromatic N) is 2. The molecule has 2 saturated heterocycles. The molecule has 17 heavy (non-hydrogen) atoms. The highest BCUT2D eigenvalue weighted by atomic mass is 16.2. The standard InChI is InChI=1S/C14H26N2O/c1-12(2)11-16-9-4-6-14(8-10-16)7-5-13(17)15(14)3/h12H,4-11H2,1-3H3. The van der Waals surface area contributed by atoms with Crippen molar-refractivity contribution in [1.29, 1.82) is 0 Å². The zero-order chi connectivity index (χ0) is 12.5. The van der Waals surface area contributed by atoms with Crippen LogP contribution in [0.4, 0.5) is 0 Å². The third-order valence-corrected chi connectivity index (χ3v) is 4.52. The summed E-state index contributed by atoms with van der Waals surface area (Å²) < 4.78 is 0. The molecule has 0 bridgehead atoms. The molecule has 0 saturated carbocycles. The van der Waals surface area contributed by atoms with Gasteiger partial charge in [0.1, 0.15) is 0 Å². The van der Waals surface area contributed by atoms with Crippen molar-refractivity contribution >= 4 is 5.91 Å². The lowest BCUT2D eigenvalue weighted by molar-refractivity contribution is -0.129. The van der Waals surface area contributed by atoms with Crippen molar-refractivity contribution in [3.05, 3.63) is 0 Å². The Morgan fingerprint density at radius 3 is 2.59 bits per heavy atom. The minimum Gasteiger partial charge on any atom is -0.340 e. The van der Waals surface area contributed by atoms with E-state index < -0.39 is 0 Å². The summed E-state index contributed by atoms with van der Waals surface area (Å²) in [5.74, 6) is 1.09. The van der Waals surface area contributed by atoms with Gasteiger partial charge in [0.15, 0.2) is 0 Å². The molecule has 1 amide bonds. The fourth-order valence-electron chi connectivity index (χ4n) is 3.46. The summed E-state index contributed by atoms with van der Waals surface area (Å²) in [5.41, 5.74) is 0.197. The van der Waals surface area contributed by atoms with Gasteiger partial charge in [0.2, 0.25) is 5.91 Å². The molecule has 2 aliphatic rings. The number of amides is 1. The summed E-state index contributed by atoms with van der Waals surface area (Å²) in [5, 5.41) is 0. The average molecular weight is 238 g/mol. The second kappa shape index (κ2) is 4.97.